The highest BCUT2D eigenvalue weighted by molar-refractivity contribution is 5.83. The molecule has 0 aromatic rings. The lowest BCUT2D eigenvalue weighted by Gasteiger charge is -2.42. The van der Waals surface area contributed by atoms with Crippen LogP contribution in [0, 0.1) is 11.8 Å². The second-order valence-corrected chi connectivity index (χ2v) is 5.70. The van der Waals surface area contributed by atoms with E-state index >= 15 is 0 Å². The van der Waals surface area contributed by atoms with E-state index in [9.17, 15) is 4.79 Å². The lowest BCUT2D eigenvalue weighted by molar-refractivity contribution is -0.127. The van der Waals surface area contributed by atoms with Gasteiger partial charge in [-0.05, 0) is 25.2 Å². The minimum atomic E-state index is -0.0259. The monoisotopic (exact) mass is 250 g/mol. The molecule has 1 saturated carbocycles. The average Bonchev–Trinajstić information content (AvgIpc) is 2.79. The van der Waals surface area contributed by atoms with Gasteiger partial charge >= 0.3 is 0 Å². The number of piperidine rings is 1. The van der Waals surface area contributed by atoms with E-state index in [0.717, 1.165) is 25.8 Å². The van der Waals surface area contributed by atoms with E-state index in [-0.39, 0.29) is 24.2 Å². The number of nitrogens with one attached hydrogen (secondary N) is 2. The molecule has 2 saturated heterocycles. The molecule has 1 amide bonds. The summed E-state index contributed by atoms with van der Waals surface area (Å²) in [6.45, 7) is 0.791. The van der Waals surface area contributed by atoms with Crippen LogP contribution in [0.2, 0.25) is 0 Å². The van der Waals surface area contributed by atoms with Crippen LogP contribution >= 0.6 is 0 Å². The van der Waals surface area contributed by atoms with Crippen LogP contribution in [-0.4, -0.2) is 36.7 Å². The van der Waals surface area contributed by atoms with Gasteiger partial charge in [0.25, 0.3) is 0 Å². The first-order chi connectivity index (χ1) is 8.84. The summed E-state index contributed by atoms with van der Waals surface area (Å²) in [5.41, 5.74) is 0. The first-order valence-corrected chi connectivity index (χ1v) is 6.84. The van der Waals surface area contributed by atoms with Crippen molar-refractivity contribution in [3.8, 4) is 0 Å². The number of hydrogen-bond donors (Lipinski definition) is 2. The third kappa shape index (κ3) is 1.40. The highest BCUT2D eigenvalue weighted by atomic mass is 16.6. The first kappa shape index (κ1) is 10.7. The molecule has 0 spiro atoms. The van der Waals surface area contributed by atoms with Crippen molar-refractivity contribution in [1.29, 1.82) is 0 Å². The Balaban J connectivity index is 1.64. The maximum atomic E-state index is 11.9. The van der Waals surface area contributed by atoms with Crippen molar-refractivity contribution in [1.82, 2.24) is 10.6 Å². The molecule has 4 rings (SSSR count). The predicted molar refractivity (Wildman–Crippen MR) is 63.4 cm³/mol. The summed E-state index contributed by atoms with van der Waals surface area (Å²) >= 11 is 0. The predicted octanol–water partition coefficient (Wildman–Crippen LogP) is 0.128. The summed E-state index contributed by atoms with van der Waals surface area (Å²) in [6, 6.07) is 0.377. The van der Waals surface area contributed by atoms with Gasteiger partial charge in [-0.15, -0.1) is 0 Å². The van der Waals surface area contributed by atoms with Gasteiger partial charge in [0, 0.05) is 18.5 Å². The van der Waals surface area contributed by atoms with E-state index in [4.69, 9.17) is 9.47 Å². The Labute approximate surface area is 106 Å². The topological polar surface area (TPSA) is 59.6 Å². The number of amides is 1. The van der Waals surface area contributed by atoms with Gasteiger partial charge in [0.2, 0.25) is 5.91 Å². The molecular weight excluding hydrogens is 232 g/mol. The van der Waals surface area contributed by atoms with E-state index in [0.29, 0.717) is 17.9 Å². The third-order valence-electron chi connectivity index (χ3n) is 4.89. The van der Waals surface area contributed by atoms with Crippen LogP contribution < -0.4 is 10.6 Å². The fourth-order valence-electron chi connectivity index (χ4n) is 4.17. The molecular formula is C13H18N2O3. The van der Waals surface area contributed by atoms with E-state index in [1.165, 1.54) is 0 Å². The van der Waals surface area contributed by atoms with Gasteiger partial charge in [0.15, 0.2) is 0 Å². The Morgan fingerprint density at radius 3 is 3.00 bits per heavy atom. The number of hydrogen-bond acceptors (Lipinski definition) is 4. The summed E-state index contributed by atoms with van der Waals surface area (Å²) in [7, 11) is 0. The zero-order valence-corrected chi connectivity index (χ0v) is 10.2. The normalized spacial score (nSPS) is 49.2. The summed E-state index contributed by atoms with van der Waals surface area (Å²) in [5, 5.41) is 6.45. The lowest BCUT2D eigenvalue weighted by Crippen LogP contribution is -2.51. The molecule has 0 aromatic carbocycles. The molecule has 98 valence electrons. The van der Waals surface area contributed by atoms with Crippen LogP contribution in [-0.2, 0) is 14.3 Å². The summed E-state index contributed by atoms with van der Waals surface area (Å²) in [5.74, 6) is 0.959. The smallest absolute Gasteiger partial charge is 0.237 e. The Morgan fingerprint density at radius 1 is 1.17 bits per heavy atom. The molecule has 5 nitrogen and oxygen atoms in total. The Bertz CT molecular complexity index is 398. The third-order valence-corrected chi connectivity index (χ3v) is 4.89. The minimum absolute atomic E-state index is 0.0259. The van der Waals surface area contributed by atoms with Crippen LogP contribution in [0.4, 0.5) is 0 Å². The molecule has 3 heterocycles. The zero-order valence-electron chi connectivity index (χ0n) is 10.2. The van der Waals surface area contributed by atoms with Crippen molar-refractivity contribution in [3.05, 3.63) is 12.5 Å². The molecule has 2 N–H and O–H groups in total. The van der Waals surface area contributed by atoms with Gasteiger partial charge in [-0.1, -0.05) is 0 Å². The lowest BCUT2D eigenvalue weighted by atomic mass is 9.72. The van der Waals surface area contributed by atoms with Gasteiger partial charge in [-0.2, -0.15) is 0 Å². The molecule has 4 aliphatic rings. The van der Waals surface area contributed by atoms with Gasteiger partial charge in [-0.25, -0.2) is 0 Å². The van der Waals surface area contributed by atoms with Gasteiger partial charge < -0.3 is 20.1 Å². The molecule has 3 aliphatic heterocycles. The van der Waals surface area contributed by atoms with E-state index in [2.05, 4.69) is 10.6 Å². The van der Waals surface area contributed by atoms with E-state index in [1.807, 2.05) is 0 Å². The minimum Gasteiger partial charge on any atom is -0.491 e. The Kier molecular flexibility index (Phi) is 2.30. The fourth-order valence-corrected chi connectivity index (χ4v) is 4.17. The summed E-state index contributed by atoms with van der Waals surface area (Å²) in [4.78, 5) is 11.9. The van der Waals surface area contributed by atoms with Crippen LogP contribution in [0.25, 0.3) is 0 Å². The largest absolute Gasteiger partial charge is 0.491 e. The molecule has 5 heteroatoms. The Hall–Kier alpha value is -1.23. The fraction of sp³-hybridized carbons (Fsp3) is 0.769. The van der Waals surface area contributed by atoms with Crippen molar-refractivity contribution in [3.63, 3.8) is 0 Å². The number of ether oxygens (including phenoxy) is 2. The van der Waals surface area contributed by atoms with Crippen LogP contribution in [0.1, 0.15) is 19.3 Å². The van der Waals surface area contributed by atoms with E-state index in [1.54, 1.807) is 12.5 Å². The molecule has 18 heavy (non-hydrogen) atoms. The maximum absolute atomic E-state index is 11.9. The average molecular weight is 250 g/mol. The molecule has 3 fully saturated rings. The van der Waals surface area contributed by atoms with Crippen LogP contribution in [0.15, 0.2) is 12.5 Å². The molecule has 6 atom stereocenters. The second kappa shape index (κ2) is 3.88. The van der Waals surface area contributed by atoms with Crippen molar-refractivity contribution in [2.75, 3.05) is 6.54 Å². The Morgan fingerprint density at radius 2 is 2.06 bits per heavy atom. The highest BCUT2D eigenvalue weighted by Gasteiger charge is 2.55. The maximum Gasteiger partial charge on any atom is 0.237 e. The molecule has 0 radical (unpaired) electrons. The van der Waals surface area contributed by atoms with Crippen LogP contribution in [0.3, 0.4) is 0 Å². The molecule has 0 bridgehead atoms. The van der Waals surface area contributed by atoms with Crippen molar-refractivity contribution >= 4 is 5.91 Å². The highest BCUT2D eigenvalue weighted by Crippen LogP contribution is 2.43. The van der Waals surface area contributed by atoms with Gasteiger partial charge in [0.05, 0.1) is 6.04 Å². The van der Waals surface area contributed by atoms with Crippen molar-refractivity contribution in [2.45, 2.75) is 43.6 Å². The quantitative estimate of drug-likeness (QED) is 0.641. The number of rotatable bonds is 0. The van der Waals surface area contributed by atoms with Crippen molar-refractivity contribution < 1.29 is 14.3 Å². The molecule has 1 aliphatic carbocycles. The van der Waals surface area contributed by atoms with Gasteiger partial charge in [-0.3, -0.25) is 4.79 Å². The van der Waals surface area contributed by atoms with Gasteiger partial charge in [0.1, 0.15) is 24.7 Å². The summed E-state index contributed by atoms with van der Waals surface area (Å²) in [6.07, 6.45) is 6.70. The SMILES string of the molecule is O=C1NCCC2C1NC1CCC3OC=COC3C12. The van der Waals surface area contributed by atoms with Crippen molar-refractivity contribution in [2.24, 2.45) is 11.8 Å². The second-order valence-electron chi connectivity index (χ2n) is 5.70. The number of fused-ring (bicyclic) bond motifs is 5. The molecule has 6 unspecified atom stereocenters. The molecule has 0 aromatic heterocycles. The zero-order chi connectivity index (χ0) is 12.1. The summed E-state index contributed by atoms with van der Waals surface area (Å²) < 4.78 is 11.5. The first-order valence-electron chi connectivity index (χ1n) is 6.84. The number of carbonyl (C=O) groups is 1. The standard InChI is InChI=1S/C13H18N2O3/c16-13-11-7(3-4-14-13)10-8(15-11)1-2-9-12(10)18-6-5-17-9/h5-12,15H,1-4H2,(H,14,16). The number of carbonyl (C=O) groups excluding carboxylic acids is 1. The van der Waals surface area contributed by atoms with E-state index < -0.39 is 0 Å². The van der Waals surface area contributed by atoms with Crippen LogP contribution in [0.5, 0.6) is 0 Å².